The molecule has 1 aromatic heterocycles. The van der Waals surface area contributed by atoms with Gasteiger partial charge in [0.1, 0.15) is 0 Å². The average Bonchev–Trinajstić information content (AvgIpc) is 2.95. The topological polar surface area (TPSA) is 41.1 Å². The first kappa shape index (κ1) is 13.1. The van der Waals surface area contributed by atoms with E-state index in [4.69, 9.17) is 0 Å². The summed E-state index contributed by atoms with van der Waals surface area (Å²) >= 11 is 5.07. The number of amides is 1. The Morgan fingerprint density at radius 2 is 2.53 bits per heavy atom. The fraction of sp³-hybridized carbons (Fsp3) is 0.583. The number of rotatable bonds is 5. The molecule has 1 unspecified atom stereocenters. The minimum absolute atomic E-state index is 0.156. The smallest absolute Gasteiger partial charge is 0.220 e. The van der Waals surface area contributed by atoms with E-state index in [1.54, 1.807) is 11.3 Å². The van der Waals surface area contributed by atoms with Crippen LogP contribution < -0.4 is 10.6 Å². The molecule has 0 radical (unpaired) electrons. The molecular formula is C12H17BrN2OS. The van der Waals surface area contributed by atoms with E-state index in [9.17, 15) is 4.79 Å². The normalized spacial score (nSPS) is 19.5. The van der Waals surface area contributed by atoms with Crippen molar-refractivity contribution in [2.75, 3.05) is 6.54 Å². The lowest BCUT2D eigenvalue weighted by Crippen LogP contribution is -2.26. The monoisotopic (exact) mass is 316 g/mol. The number of hydrogen-bond donors (Lipinski definition) is 2. The second-order valence-electron chi connectivity index (χ2n) is 4.34. The Balaban J connectivity index is 1.63. The largest absolute Gasteiger partial charge is 0.351 e. The summed E-state index contributed by atoms with van der Waals surface area (Å²) in [5.74, 6) is 0.156. The van der Waals surface area contributed by atoms with E-state index in [-0.39, 0.29) is 5.91 Å². The van der Waals surface area contributed by atoms with E-state index in [1.807, 2.05) is 11.4 Å². The number of hydrogen-bond acceptors (Lipinski definition) is 3. The summed E-state index contributed by atoms with van der Waals surface area (Å²) in [6.07, 6.45) is 4.05. The van der Waals surface area contributed by atoms with Crippen molar-refractivity contribution in [2.45, 2.75) is 38.3 Å². The molecule has 2 heterocycles. The first-order chi connectivity index (χ1) is 8.24. The van der Waals surface area contributed by atoms with Gasteiger partial charge in [-0.2, -0.15) is 0 Å². The van der Waals surface area contributed by atoms with E-state index in [0.717, 1.165) is 17.4 Å². The molecule has 2 N–H and O–H groups in total. The Kier molecular flexibility index (Phi) is 5.00. The van der Waals surface area contributed by atoms with Crippen LogP contribution in [-0.4, -0.2) is 18.5 Å². The number of nitrogens with one attached hydrogen (secondary N) is 2. The predicted octanol–water partition coefficient (Wildman–Crippen LogP) is 2.66. The molecule has 1 saturated heterocycles. The fourth-order valence-electron chi connectivity index (χ4n) is 2.03. The van der Waals surface area contributed by atoms with Crippen LogP contribution >= 0.6 is 27.3 Å². The van der Waals surface area contributed by atoms with Gasteiger partial charge in [-0.1, -0.05) is 0 Å². The van der Waals surface area contributed by atoms with Crippen LogP contribution in [0.15, 0.2) is 15.9 Å². The summed E-state index contributed by atoms with van der Waals surface area (Å²) in [7, 11) is 0. The van der Waals surface area contributed by atoms with Gasteiger partial charge in [0.25, 0.3) is 0 Å². The number of carbonyl (C=O) groups is 1. The van der Waals surface area contributed by atoms with E-state index >= 15 is 0 Å². The molecule has 1 amide bonds. The van der Waals surface area contributed by atoms with Gasteiger partial charge in [0, 0.05) is 27.2 Å². The van der Waals surface area contributed by atoms with Crippen LogP contribution in [0, 0.1) is 0 Å². The Hall–Kier alpha value is -0.390. The lowest BCUT2D eigenvalue weighted by Gasteiger charge is -2.09. The van der Waals surface area contributed by atoms with Crippen LogP contribution in [0.5, 0.6) is 0 Å². The first-order valence-electron chi connectivity index (χ1n) is 5.97. The van der Waals surface area contributed by atoms with Crippen molar-refractivity contribution in [1.82, 2.24) is 10.6 Å². The third kappa shape index (κ3) is 4.41. The van der Waals surface area contributed by atoms with Gasteiger partial charge in [0.15, 0.2) is 0 Å². The van der Waals surface area contributed by atoms with Crippen molar-refractivity contribution >= 4 is 33.2 Å². The van der Waals surface area contributed by atoms with Crippen molar-refractivity contribution in [3.8, 4) is 0 Å². The third-order valence-corrected chi connectivity index (χ3v) is 4.66. The maximum atomic E-state index is 11.6. The number of halogens is 1. The zero-order chi connectivity index (χ0) is 12.1. The summed E-state index contributed by atoms with van der Waals surface area (Å²) in [4.78, 5) is 12.8. The molecule has 1 aromatic rings. The molecule has 1 fully saturated rings. The maximum absolute atomic E-state index is 11.6. The Morgan fingerprint density at radius 3 is 3.18 bits per heavy atom. The second-order valence-corrected chi connectivity index (χ2v) is 6.25. The summed E-state index contributed by atoms with van der Waals surface area (Å²) in [6.45, 7) is 1.75. The van der Waals surface area contributed by atoms with Crippen molar-refractivity contribution in [3.63, 3.8) is 0 Å². The van der Waals surface area contributed by atoms with Gasteiger partial charge in [-0.25, -0.2) is 0 Å². The van der Waals surface area contributed by atoms with Gasteiger partial charge in [-0.05, 0) is 47.8 Å². The molecule has 1 atom stereocenters. The fourth-order valence-corrected chi connectivity index (χ4v) is 3.42. The summed E-state index contributed by atoms with van der Waals surface area (Å²) in [6, 6.07) is 2.60. The van der Waals surface area contributed by atoms with E-state index in [1.165, 1.54) is 17.7 Å². The molecule has 2 rings (SSSR count). The molecule has 0 spiro atoms. The molecule has 17 heavy (non-hydrogen) atoms. The summed E-state index contributed by atoms with van der Waals surface area (Å²) in [5.41, 5.74) is 0. The molecule has 0 saturated carbocycles. The Bertz CT molecular complexity index is 374. The van der Waals surface area contributed by atoms with Gasteiger partial charge >= 0.3 is 0 Å². The highest BCUT2D eigenvalue weighted by Gasteiger charge is 2.15. The zero-order valence-electron chi connectivity index (χ0n) is 9.67. The van der Waals surface area contributed by atoms with Crippen LogP contribution in [-0.2, 0) is 11.3 Å². The third-order valence-electron chi connectivity index (χ3n) is 2.96. The molecule has 3 nitrogen and oxygen atoms in total. The lowest BCUT2D eigenvalue weighted by atomic mass is 10.1. The van der Waals surface area contributed by atoms with E-state index in [2.05, 4.69) is 26.6 Å². The quantitative estimate of drug-likeness (QED) is 0.877. The predicted molar refractivity (Wildman–Crippen MR) is 74.1 cm³/mol. The van der Waals surface area contributed by atoms with Crippen LogP contribution in [0.25, 0.3) is 0 Å². The summed E-state index contributed by atoms with van der Waals surface area (Å²) < 4.78 is 1.09. The molecular weight excluding hydrogens is 300 g/mol. The molecule has 0 aliphatic carbocycles. The van der Waals surface area contributed by atoms with E-state index < -0.39 is 0 Å². The second kappa shape index (κ2) is 6.52. The van der Waals surface area contributed by atoms with Crippen LogP contribution in [0.4, 0.5) is 0 Å². The van der Waals surface area contributed by atoms with Crippen LogP contribution in [0.2, 0.25) is 0 Å². The highest BCUT2D eigenvalue weighted by Crippen LogP contribution is 2.19. The zero-order valence-corrected chi connectivity index (χ0v) is 12.1. The minimum Gasteiger partial charge on any atom is -0.351 e. The van der Waals surface area contributed by atoms with Gasteiger partial charge in [-0.15, -0.1) is 11.3 Å². The lowest BCUT2D eigenvalue weighted by molar-refractivity contribution is -0.121. The number of thiophene rings is 1. The van der Waals surface area contributed by atoms with Crippen molar-refractivity contribution in [3.05, 3.63) is 20.8 Å². The molecule has 1 aliphatic rings. The Morgan fingerprint density at radius 1 is 1.65 bits per heavy atom. The minimum atomic E-state index is 0.156. The first-order valence-corrected chi connectivity index (χ1v) is 7.64. The molecule has 0 aromatic carbocycles. The van der Waals surface area contributed by atoms with E-state index in [0.29, 0.717) is 19.0 Å². The summed E-state index contributed by atoms with van der Waals surface area (Å²) in [5, 5.41) is 8.40. The van der Waals surface area contributed by atoms with Crippen LogP contribution in [0.3, 0.4) is 0 Å². The van der Waals surface area contributed by atoms with Gasteiger partial charge in [-0.3, -0.25) is 4.79 Å². The maximum Gasteiger partial charge on any atom is 0.220 e. The van der Waals surface area contributed by atoms with Gasteiger partial charge < -0.3 is 10.6 Å². The number of carbonyl (C=O) groups excluding carboxylic acids is 1. The molecule has 1 aliphatic heterocycles. The SMILES string of the molecule is O=C(CCC1CCCN1)NCc1cc(Br)cs1. The van der Waals surface area contributed by atoms with Crippen LogP contribution in [0.1, 0.15) is 30.6 Å². The molecule has 0 bridgehead atoms. The molecule has 94 valence electrons. The molecule has 5 heteroatoms. The van der Waals surface area contributed by atoms with Gasteiger partial charge in [0.2, 0.25) is 5.91 Å². The van der Waals surface area contributed by atoms with Gasteiger partial charge in [0.05, 0.1) is 6.54 Å². The Labute approximate surface area is 114 Å². The van der Waals surface area contributed by atoms with Crippen molar-refractivity contribution in [1.29, 1.82) is 0 Å². The average molecular weight is 317 g/mol. The van der Waals surface area contributed by atoms with Crippen molar-refractivity contribution in [2.24, 2.45) is 0 Å². The van der Waals surface area contributed by atoms with Crippen molar-refractivity contribution < 1.29 is 4.79 Å². The highest BCUT2D eigenvalue weighted by molar-refractivity contribution is 9.10. The standard InChI is InChI=1S/C12H17BrN2OS/c13-9-6-11(17-8-9)7-15-12(16)4-3-10-2-1-5-14-10/h6,8,10,14H,1-5,7H2,(H,15,16). The highest BCUT2D eigenvalue weighted by atomic mass is 79.9.